The highest BCUT2D eigenvalue weighted by atomic mass is 35.5. The van der Waals surface area contributed by atoms with Gasteiger partial charge in [0.15, 0.2) is 4.98 Å². The second kappa shape index (κ2) is 4.55. The molecule has 0 bridgehead atoms. The van der Waals surface area contributed by atoms with Crippen LogP contribution in [0.1, 0.15) is 0 Å². The molecule has 0 spiro atoms. The maximum Gasteiger partial charge on any atom is 0.430 e. The molecule has 3 aromatic rings. The Morgan fingerprint density at radius 2 is 1.89 bits per heavy atom. The zero-order valence-electron chi connectivity index (χ0n) is 9.55. The lowest BCUT2D eigenvalue weighted by atomic mass is 10.1. The van der Waals surface area contributed by atoms with Crippen molar-refractivity contribution in [2.45, 2.75) is 0 Å². The normalized spacial score (nSPS) is 10.0. The number of para-hydroxylation sites is 1. The molecule has 0 aliphatic heterocycles. The summed E-state index contributed by atoms with van der Waals surface area (Å²) in [5, 5.41) is 10.9. The zero-order chi connectivity index (χ0) is 11.8. The molecule has 0 N–H and O–H groups in total. The van der Waals surface area contributed by atoms with E-state index in [4.69, 9.17) is 14.5 Å². The van der Waals surface area contributed by atoms with Gasteiger partial charge in [0.25, 0.3) is 0 Å². The van der Waals surface area contributed by atoms with Gasteiger partial charge in [0.2, 0.25) is 11.1 Å². The minimum absolute atomic E-state index is 0. The Hall–Kier alpha value is -2.25. The van der Waals surface area contributed by atoms with Crippen molar-refractivity contribution in [1.29, 1.82) is 5.39 Å². The van der Waals surface area contributed by atoms with Crippen LogP contribution in [0.15, 0.2) is 40.8 Å². The van der Waals surface area contributed by atoms with E-state index in [1.54, 1.807) is 6.07 Å². The van der Waals surface area contributed by atoms with Crippen LogP contribution in [-0.4, -0.2) is 7.11 Å². The van der Waals surface area contributed by atoms with Crippen LogP contribution < -0.4 is 17.1 Å². The zero-order valence-corrected chi connectivity index (χ0v) is 10.3. The molecule has 0 aliphatic carbocycles. The van der Waals surface area contributed by atoms with Gasteiger partial charge in [-0.1, -0.05) is 18.2 Å². The van der Waals surface area contributed by atoms with Crippen molar-refractivity contribution < 1.29 is 21.6 Å². The predicted molar refractivity (Wildman–Crippen MR) is 65.0 cm³/mol. The number of methoxy groups -OCH3 is 1. The number of rotatable bonds is 1. The molecule has 90 valence electrons. The van der Waals surface area contributed by atoms with Crippen LogP contribution in [0, 0.1) is 5.39 Å². The Morgan fingerprint density at radius 1 is 1.11 bits per heavy atom. The lowest BCUT2D eigenvalue weighted by Crippen LogP contribution is -3.00. The van der Waals surface area contributed by atoms with Gasteiger partial charge in [0.1, 0.15) is 11.2 Å². The monoisotopic (exact) mass is 260 g/mol. The van der Waals surface area contributed by atoms with E-state index in [-0.39, 0.29) is 12.4 Å². The average Bonchev–Trinajstić information content (AvgIpc) is 2.74. The number of hydrogen-bond donors (Lipinski definition) is 0. The van der Waals surface area contributed by atoms with E-state index in [1.807, 2.05) is 30.3 Å². The fourth-order valence-corrected chi connectivity index (χ4v) is 1.98. The molecular weight excluding hydrogens is 252 g/mol. The maximum atomic E-state index is 8.89. The van der Waals surface area contributed by atoms with Crippen molar-refractivity contribution >= 4 is 27.6 Å². The van der Waals surface area contributed by atoms with E-state index < -0.39 is 0 Å². The first-order chi connectivity index (χ1) is 8.33. The maximum absolute atomic E-state index is 8.89. The first kappa shape index (κ1) is 12.2. The summed E-state index contributed by atoms with van der Waals surface area (Å²) in [6, 6.07) is 11.2. The summed E-state index contributed by atoms with van der Waals surface area (Å²) in [5.74, 6) is 0.520. The van der Waals surface area contributed by atoms with Gasteiger partial charge in [-0.2, -0.15) is 0 Å². The fourth-order valence-electron chi connectivity index (χ4n) is 1.98. The molecule has 3 rings (SSSR count). The fraction of sp³-hybridized carbons (Fsp3) is 0.0769. The molecule has 1 heterocycles. The van der Waals surface area contributed by atoms with Crippen molar-refractivity contribution in [3.63, 3.8) is 0 Å². The summed E-state index contributed by atoms with van der Waals surface area (Å²) in [4.78, 5) is 3.18. The molecule has 0 unspecified atom stereocenters. The smallest absolute Gasteiger partial charge is 0.430 e. The summed E-state index contributed by atoms with van der Waals surface area (Å²) in [6.07, 6.45) is 0. The third-order valence-corrected chi connectivity index (χ3v) is 2.79. The molecule has 0 atom stereocenters. The van der Waals surface area contributed by atoms with Gasteiger partial charge >= 0.3 is 5.69 Å². The summed E-state index contributed by atoms with van der Waals surface area (Å²) in [5.41, 5.74) is 1.85. The third kappa shape index (κ3) is 1.66. The van der Waals surface area contributed by atoms with E-state index in [0.717, 1.165) is 16.4 Å². The van der Waals surface area contributed by atoms with Crippen LogP contribution in [0.5, 0.6) is 5.75 Å². The molecule has 5 heteroatoms. The second-order valence-electron chi connectivity index (χ2n) is 3.72. The Bertz CT molecular complexity index is 759. The highest BCUT2D eigenvalue weighted by Gasteiger charge is 2.19. The molecule has 0 amide bonds. The van der Waals surface area contributed by atoms with Crippen LogP contribution in [0.2, 0.25) is 0 Å². The van der Waals surface area contributed by atoms with E-state index in [2.05, 4.69) is 4.98 Å². The number of fused-ring (bicyclic) bond motifs is 3. The number of halogens is 1. The van der Waals surface area contributed by atoms with Gasteiger partial charge in [-0.3, -0.25) is 0 Å². The number of diazo groups is 1. The second-order valence-corrected chi connectivity index (χ2v) is 3.72. The summed E-state index contributed by atoms with van der Waals surface area (Å²) >= 11 is 0. The Morgan fingerprint density at radius 3 is 2.61 bits per heavy atom. The number of benzene rings is 2. The standard InChI is InChI=1S/C13H9N2O2.ClH/c1-16-13-6-9-8-4-2-3-5-11(8)17-12(9)7-10(13)15-14;/h2-7H,1H3;1H/q+1;/p-1. The molecule has 0 saturated carbocycles. The number of hydrogen-bond acceptors (Lipinski definition) is 3. The van der Waals surface area contributed by atoms with E-state index in [1.165, 1.54) is 7.11 Å². The van der Waals surface area contributed by atoms with E-state index in [0.29, 0.717) is 17.0 Å². The van der Waals surface area contributed by atoms with Gasteiger partial charge < -0.3 is 21.6 Å². The molecule has 0 saturated heterocycles. The summed E-state index contributed by atoms with van der Waals surface area (Å²) in [6.45, 7) is 0. The minimum atomic E-state index is 0. The van der Waals surface area contributed by atoms with Crippen LogP contribution in [0.25, 0.3) is 26.9 Å². The van der Waals surface area contributed by atoms with Crippen molar-refractivity contribution in [2.75, 3.05) is 7.11 Å². The van der Waals surface area contributed by atoms with Crippen molar-refractivity contribution in [1.82, 2.24) is 0 Å². The largest absolute Gasteiger partial charge is 1.00 e. The lowest BCUT2D eigenvalue weighted by Gasteiger charge is -1.95. The van der Waals surface area contributed by atoms with Crippen molar-refractivity contribution in [3.05, 3.63) is 41.4 Å². The predicted octanol–water partition coefficient (Wildman–Crippen LogP) is 1.08. The molecule has 2 aromatic carbocycles. The highest BCUT2D eigenvalue weighted by Crippen LogP contribution is 2.37. The quantitative estimate of drug-likeness (QED) is 0.616. The first-order valence-corrected chi connectivity index (χ1v) is 5.18. The van der Waals surface area contributed by atoms with Crippen LogP contribution in [-0.2, 0) is 0 Å². The Balaban J connectivity index is 0.00000120. The van der Waals surface area contributed by atoms with Crippen molar-refractivity contribution in [2.24, 2.45) is 0 Å². The lowest BCUT2D eigenvalue weighted by molar-refractivity contribution is -0.00000431. The van der Waals surface area contributed by atoms with Gasteiger partial charge in [0.05, 0.1) is 13.2 Å². The number of nitrogens with zero attached hydrogens (tertiary/aromatic N) is 2. The van der Waals surface area contributed by atoms with Crippen molar-refractivity contribution in [3.8, 4) is 5.75 Å². The molecular formula is C13H9ClN2O2. The molecule has 0 fully saturated rings. The molecule has 18 heavy (non-hydrogen) atoms. The van der Waals surface area contributed by atoms with E-state index in [9.17, 15) is 0 Å². The number of ether oxygens (including phenoxy) is 1. The van der Waals surface area contributed by atoms with Gasteiger partial charge in [-0.25, -0.2) is 0 Å². The average molecular weight is 261 g/mol. The topological polar surface area (TPSA) is 50.5 Å². The molecule has 4 nitrogen and oxygen atoms in total. The Labute approximate surface area is 109 Å². The SMILES string of the molecule is COc1cc2c(cc1[N+]#N)oc1ccccc12.[Cl-]. The molecule has 0 radical (unpaired) electrons. The number of furan rings is 1. The minimum Gasteiger partial charge on any atom is -1.00 e. The van der Waals surface area contributed by atoms with Crippen LogP contribution >= 0.6 is 0 Å². The van der Waals surface area contributed by atoms with Gasteiger partial charge in [0, 0.05) is 16.8 Å². The molecule has 1 aromatic heterocycles. The van der Waals surface area contributed by atoms with E-state index >= 15 is 0 Å². The first-order valence-electron chi connectivity index (χ1n) is 5.18. The Kier molecular flexibility index (Phi) is 3.09. The van der Waals surface area contributed by atoms with Crippen LogP contribution in [0.3, 0.4) is 0 Å². The highest BCUT2D eigenvalue weighted by molar-refractivity contribution is 6.06. The molecule has 0 aliphatic rings. The van der Waals surface area contributed by atoms with Crippen LogP contribution in [0.4, 0.5) is 5.69 Å². The summed E-state index contributed by atoms with van der Waals surface area (Å²) < 4.78 is 10.8. The summed E-state index contributed by atoms with van der Waals surface area (Å²) in [7, 11) is 1.54. The third-order valence-electron chi connectivity index (χ3n) is 2.79. The van der Waals surface area contributed by atoms with Gasteiger partial charge in [-0.15, -0.1) is 0 Å². The van der Waals surface area contributed by atoms with Gasteiger partial charge in [-0.05, 0) is 6.07 Å².